The lowest BCUT2D eigenvalue weighted by Crippen LogP contribution is -2.06. The molecule has 10 heteroatoms. The number of nitrogens with two attached hydrogens (primary N) is 1. The predicted octanol–water partition coefficient (Wildman–Crippen LogP) is 3.91. The summed E-state index contributed by atoms with van der Waals surface area (Å²) < 4.78 is 39.8. The predicted molar refractivity (Wildman–Crippen MR) is 133 cm³/mol. The van der Waals surface area contributed by atoms with Crippen LogP contribution in [0, 0.1) is 5.82 Å². The maximum Gasteiger partial charge on any atom is 0.352 e. The average Bonchev–Trinajstić information content (AvgIpc) is 3.42. The van der Waals surface area contributed by atoms with Crippen molar-refractivity contribution in [3.63, 3.8) is 0 Å². The Morgan fingerprint density at radius 3 is 2.71 bits per heavy atom. The molecule has 184 valence electrons. The van der Waals surface area contributed by atoms with Crippen LogP contribution in [0.1, 0.15) is 46.4 Å². The molecule has 1 atom stereocenters. The van der Waals surface area contributed by atoms with Crippen LogP contribution >= 0.6 is 0 Å². The first kappa shape index (κ1) is 24.6. The van der Waals surface area contributed by atoms with E-state index in [-0.39, 0.29) is 17.2 Å². The van der Waals surface area contributed by atoms with Crippen molar-refractivity contribution in [1.29, 1.82) is 0 Å². The van der Waals surface area contributed by atoms with Crippen molar-refractivity contribution >= 4 is 26.7 Å². The lowest BCUT2D eigenvalue weighted by Gasteiger charge is -2.12. The van der Waals surface area contributed by atoms with Crippen LogP contribution in [0.5, 0.6) is 0 Å². The number of aromatic carboxylic acids is 1. The summed E-state index contributed by atoms with van der Waals surface area (Å²) in [6, 6.07) is 9.68. The quantitative estimate of drug-likeness (QED) is 0.321. The lowest BCUT2D eigenvalue weighted by molar-refractivity contribution is 0.0692. The molecule has 8 nitrogen and oxygen atoms in total. The second kappa shape index (κ2) is 9.63. The van der Waals surface area contributed by atoms with Crippen LogP contribution in [0.2, 0.25) is 0 Å². The highest BCUT2D eigenvalue weighted by molar-refractivity contribution is 7.89. The molecule has 0 aliphatic carbocycles. The van der Waals surface area contributed by atoms with Crippen LogP contribution in [-0.4, -0.2) is 47.1 Å². The van der Waals surface area contributed by atoms with Gasteiger partial charge >= 0.3 is 5.97 Å². The zero-order valence-corrected chi connectivity index (χ0v) is 20.3. The number of carboxylic acids is 1. The first-order valence-electron chi connectivity index (χ1n) is 11.2. The number of hydrogen-bond donors (Lipinski definition) is 3. The van der Waals surface area contributed by atoms with Crippen LogP contribution in [0.4, 0.5) is 4.39 Å². The number of para-hydroxylation sites is 1. The summed E-state index contributed by atoms with van der Waals surface area (Å²) in [5.74, 6) is -2.40. The van der Waals surface area contributed by atoms with Gasteiger partial charge in [-0.25, -0.2) is 17.6 Å². The molecule has 2 heterocycles. The standard InChI is InChI=1S/C25H27FN4O4S/c1-15(18-12-28-30(13-18)10-4-9-27)19-5-3-6-20-22(24(25(31)32)29-23(19)20)16-7-8-17(21(26)11-16)14-35(2,33)34/h3,5-8,11-13,15,29H,4,9-10,14,27H2,1-2H3,(H,31,32)/t15-/m1/s1. The molecule has 4 N–H and O–H groups in total. The van der Waals surface area contributed by atoms with E-state index in [4.69, 9.17) is 5.73 Å². The first-order chi connectivity index (χ1) is 16.6. The molecule has 35 heavy (non-hydrogen) atoms. The number of H-pyrrole nitrogens is 1. The summed E-state index contributed by atoms with van der Waals surface area (Å²) >= 11 is 0. The number of nitrogens with zero attached hydrogens (tertiary/aromatic N) is 2. The molecule has 4 aromatic rings. The Kier molecular flexibility index (Phi) is 6.77. The average molecular weight is 499 g/mol. The van der Waals surface area contributed by atoms with Crippen LogP contribution in [0.25, 0.3) is 22.0 Å². The fourth-order valence-electron chi connectivity index (χ4n) is 4.32. The Hall–Kier alpha value is -3.50. The van der Waals surface area contributed by atoms with Crippen LogP contribution in [-0.2, 0) is 22.1 Å². The fourth-order valence-corrected chi connectivity index (χ4v) is 5.12. The summed E-state index contributed by atoms with van der Waals surface area (Å²) in [6.07, 6.45) is 5.59. The monoisotopic (exact) mass is 498 g/mol. The van der Waals surface area contributed by atoms with Crippen LogP contribution in [0.15, 0.2) is 48.8 Å². The summed E-state index contributed by atoms with van der Waals surface area (Å²) in [5, 5.41) is 14.9. The highest BCUT2D eigenvalue weighted by atomic mass is 32.2. The van der Waals surface area contributed by atoms with Gasteiger partial charge in [-0.2, -0.15) is 5.10 Å². The number of hydrogen-bond acceptors (Lipinski definition) is 5. The molecule has 0 fully saturated rings. The smallest absolute Gasteiger partial charge is 0.352 e. The van der Waals surface area contributed by atoms with E-state index in [9.17, 15) is 22.7 Å². The van der Waals surface area contributed by atoms with E-state index in [1.165, 1.54) is 12.1 Å². The van der Waals surface area contributed by atoms with Gasteiger partial charge in [0.1, 0.15) is 11.5 Å². The van der Waals surface area contributed by atoms with E-state index in [0.717, 1.165) is 23.8 Å². The first-order valence-corrected chi connectivity index (χ1v) is 13.2. The minimum absolute atomic E-state index is 0.0360. The zero-order valence-electron chi connectivity index (χ0n) is 19.5. The number of sulfone groups is 1. The number of carboxylic acid groups (broad SMARTS) is 1. The van der Waals surface area contributed by atoms with Crippen molar-refractivity contribution in [2.24, 2.45) is 5.73 Å². The van der Waals surface area contributed by atoms with E-state index < -0.39 is 27.4 Å². The number of aromatic amines is 1. The Labute approximate surface area is 202 Å². The van der Waals surface area contributed by atoms with Gasteiger partial charge in [0.25, 0.3) is 0 Å². The van der Waals surface area contributed by atoms with Gasteiger partial charge in [0.15, 0.2) is 9.84 Å². The Morgan fingerprint density at radius 2 is 2.06 bits per heavy atom. The third kappa shape index (κ3) is 5.13. The Balaban J connectivity index is 1.81. The van der Waals surface area contributed by atoms with E-state index >= 15 is 0 Å². The molecule has 0 aliphatic heterocycles. The molecule has 0 spiro atoms. The molecule has 0 unspecified atom stereocenters. The van der Waals surface area contributed by atoms with Crippen molar-refractivity contribution in [2.45, 2.75) is 31.6 Å². The topological polar surface area (TPSA) is 131 Å². The third-order valence-corrected chi connectivity index (χ3v) is 6.89. The lowest BCUT2D eigenvalue weighted by atomic mass is 9.92. The van der Waals surface area contributed by atoms with E-state index in [2.05, 4.69) is 10.1 Å². The van der Waals surface area contributed by atoms with Crippen molar-refractivity contribution in [3.05, 3.63) is 77.0 Å². The SMILES string of the molecule is C[C@H](c1cnn(CCCN)c1)c1cccc2c(-c3ccc(CS(C)(=O)=O)c(F)c3)c(C(=O)O)[nH]c12. The molecule has 2 aromatic heterocycles. The highest BCUT2D eigenvalue weighted by Crippen LogP contribution is 2.38. The van der Waals surface area contributed by atoms with Gasteiger partial charge in [0.2, 0.25) is 0 Å². The maximum absolute atomic E-state index is 14.8. The minimum atomic E-state index is -3.42. The fraction of sp³-hybridized carbons (Fsp3) is 0.280. The largest absolute Gasteiger partial charge is 0.477 e. The van der Waals surface area contributed by atoms with Gasteiger partial charge in [0, 0.05) is 41.4 Å². The summed E-state index contributed by atoms with van der Waals surface area (Å²) in [4.78, 5) is 15.2. The van der Waals surface area contributed by atoms with Gasteiger partial charge < -0.3 is 15.8 Å². The van der Waals surface area contributed by atoms with Gasteiger partial charge in [-0.15, -0.1) is 0 Å². The molecule has 0 aliphatic rings. The number of aromatic nitrogens is 3. The van der Waals surface area contributed by atoms with Crippen LogP contribution in [0.3, 0.4) is 0 Å². The number of halogens is 1. The summed E-state index contributed by atoms with van der Waals surface area (Å²) in [5.41, 5.74) is 8.75. The van der Waals surface area contributed by atoms with E-state index in [0.29, 0.717) is 35.1 Å². The summed E-state index contributed by atoms with van der Waals surface area (Å²) in [7, 11) is -3.42. The molecule has 0 amide bonds. The molecular weight excluding hydrogens is 471 g/mol. The van der Waals surface area contributed by atoms with E-state index in [1.54, 1.807) is 18.3 Å². The Morgan fingerprint density at radius 1 is 1.29 bits per heavy atom. The second-order valence-electron chi connectivity index (χ2n) is 8.73. The van der Waals surface area contributed by atoms with Gasteiger partial charge in [-0.3, -0.25) is 4.68 Å². The van der Waals surface area contributed by atoms with E-state index in [1.807, 2.05) is 29.9 Å². The van der Waals surface area contributed by atoms with Crippen LogP contribution < -0.4 is 5.73 Å². The third-order valence-electron chi connectivity index (χ3n) is 6.05. The molecule has 0 bridgehead atoms. The Bertz CT molecular complexity index is 1510. The normalized spacial score (nSPS) is 12.8. The molecule has 0 saturated carbocycles. The van der Waals surface area contributed by atoms with Gasteiger partial charge in [-0.05, 0) is 35.7 Å². The molecule has 0 saturated heterocycles. The molecule has 2 aromatic carbocycles. The molecule has 4 rings (SSSR count). The maximum atomic E-state index is 14.8. The number of fused-ring (bicyclic) bond motifs is 1. The van der Waals surface area contributed by atoms with Crippen molar-refractivity contribution in [3.8, 4) is 11.1 Å². The van der Waals surface area contributed by atoms with Crippen molar-refractivity contribution in [1.82, 2.24) is 14.8 Å². The van der Waals surface area contributed by atoms with Crippen molar-refractivity contribution < 1.29 is 22.7 Å². The number of aryl methyl sites for hydroxylation is 1. The minimum Gasteiger partial charge on any atom is -0.477 e. The molecule has 0 radical (unpaired) electrons. The number of rotatable bonds is 9. The number of carbonyl (C=O) groups is 1. The summed E-state index contributed by atoms with van der Waals surface area (Å²) in [6.45, 7) is 3.30. The number of nitrogens with one attached hydrogen (secondary N) is 1. The number of benzene rings is 2. The van der Waals surface area contributed by atoms with Gasteiger partial charge in [0.05, 0.1) is 17.5 Å². The highest BCUT2D eigenvalue weighted by Gasteiger charge is 2.23. The molecular formula is C25H27FN4O4S. The van der Waals surface area contributed by atoms with Gasteiger partial charge in [-0.1, -0.05) is 37.3 Å². The second-order valence-corrected chi connectivity index (χ2v) is 10.9. The zero-order chi connectivity index (χ0) is 25.3. The van der Waals surface area contributed by atoms with Crippen molar-refractivity contribution in [2.75, 3.05) is 12.8 Å².